The molecule has 2 heterocycles. The molecule has 3 amide bonds. The number of likely N-dealkylation sites (tertiary alicyclic amines) is 1. The quantitative estimate of drug-likeness (QED) is 0.710. The first-order valence-corrected chi connectivity index (χ1v) is 10.9. The molecule has 7 nitrogen and oxygen atoms in total. The highest BCUT2D eigenvalue weighted by atomic mass is 32.1. The average Bonchev–Trinajstić information content (AvgIpc) is 3.23. The fourth-order valence-corrected chi connectivity index (χ4v) is 3.97. The molecule has 31 heavy (non-hydrogen) atoms. The van der Waals surface area contributed by atoms with Crippen molar-refractivity contribution in [2.45, 2.75) is 39.2 Å². The molecule has 1 aliphatic heterocycles. The lowest BCUT2D eigenvalue weighted by atomic mass is 9.95. The third kappa shape index (κ3) is 6.27. The summed E-state index contributed by atoms with van der Waals surface area (Å²) < 4.78 is 19.0. The van der Waals surface area contributed by atoms with Crippen molar-refractivity contribution in [3.05, 3.63) is 46.4 Å². The molecule has 0 aliphatic carbocycles. The standard InChI is InChI=1S/C22H26FN3O4S/c1-22(2,3)30-21(29)25-16-7-6-15(23)13-17(16)24-19(27)14-8-10-26(11-9-14)20(28)18-5-4-12-31-18/h4-7,12-14H,8-11H2,1-3H3,(H,24,27)(H,25,29). The van der Waals surface area contributed by atoms with Gasteiger partial charge in [-0.3, -0.25) is 14.9 Å². The van der Waals surface area contributed by atoms with Crippen LogP contribution in [0.15, 0.2) is 35.7 Å². The van der Waals surface area contributed by atoms with Gasteiger partial charge in [0, 0.05) is 19.0 Å². The Morgan fingerprint density at radius 1 is 1.10 bits per heavy atom. The Bertz CT molecular complexity index is 948. The van der Waals surface area contributed by atoms with E-state index in [2.05, 4.69) is 10.6 Å². The largest absolute Gasteiger partial charge is 0.444 e. The molecule has 1 fully saturated rings. The van der Waals surface area contributed by atoms with Gasteiger partial charge in [0.25, 0.3) is 5.91 Å². The lowest BCUT2D eigenvalue weighted by Crippen LogP contribution is -2.41. The number of rotatable bonds is 4. The molecule has 0 saturated carbocycles. The van der Waals surface area contributed by atoms with Crippen molar-refractivity contribution in [2.24, 2.45) is 5.92 Å². The average molecular weight is 448 g/mol. The Hall–Kier alpha value is -2.94. The summed E-state index contributed by atoms with van der Waals surface area (Å²) in [6.45, 7) is 6.14. The molecule has 0 unspecified atom stereocenters. The molecule has 1 aliphatic rings. The van der Waals surface area contributed by atoms with E-state index in [0.29, 0.717) is 30.8 Å². The van der Waals surface area contributed by atoms with Crippen LogP contribution in [0.2, 0.25) is 0 Å². The number of carbonyl (C=O) groups excluding carboxylic acids is 3. The smallest absolute Gasteiger partial charge is 0.412 e. The Morgan fingerprint density at radius 2 is 1.81 bits per heavy atom. The van der Waals surface area contributed by atoms with E-state index in [1.807, 2.05) is 11.4 Å². The zero-order valence-corrected chi connectivity index (χ0v) is 18.6. The van der Waals surface area contributed by atoms with Crippen molar-refractivity contribution in [2.75, 3.05) is 23.7 Å². The number of nitrogens with zero attached hydrogens (tertiary/aromatic N) is 1. The number of ether oxygens (including phenoxy) is 1. The SMILES string of the molecule is CC(C)(C)OC(=O)Nc1ccc(F)cc1NC(=O)C1CCN(C(=O)c2cccs2)CC1. The van der Waals surface area contributed by atoms with Gasteiger partial charge in [0.1, 0.15) is 11.4 Å². The normalized spacial score (nSPS) is 14.8. The fourth-order valence-electron chi connectivity index (χ4n) is 3.28. The Morgan fingerprint density at radius 3 is 2.42 bits per heavy atom. The Balaban J connectivity index is 1.61. The summed E-state index contributed by atoms with van der Waals surface area (Å²) in [5, 5.41) is 7.11. The number of thiophene rings is 1. The minimum absolute atomic E-state index is 0.0252. The maximum absolute atomic E-state index is 13.8. The van der Waals surface area contributed by atoms with Gasteiger partial charge in [-0.2, -0.15) is 0 Å². The van der Waals surface area contributed by atoms with E-state index in [-0.39, 0.29) is 29.1 Å². The number of hydrogen-bond donors (Lipinski definition) is 2. The summed E-state index contributed by atoms with van der Waals surface area (Å²) >= 11 is 1.39. The molecule has 3 rings (SSSR count). The molecule has 1 saturated heterocycles. The number of piperidine rings is 1. The number of carbonyl (C=O) groups is 3. The van der Waals surface area contributed by atoms with E-state index in [1.165, 1.54) is 23.5 Å². The third-order valence-electron chi connectivity index (χ3n) is 4.76. The minimum Gasteiger partial charge on any atom is -0.444 e. The molecule has 0 radical (unpaired) electrons. The number of halogens is 1. The zero-order chi connectivity index (χ0) is 22.6. The zero-order valence-electron chi connectivity index (χ0n) is 17.7. The van der Waals surface area contributed by atoms with Crippen molar-refractivity contribution in [3.63, 3.8) is 0 Å². The third-order valence-corrected chi connectivity index (χ3v) is 5.62. The van der Waals surface area contributed by atoms with Gasteiger partial charge < -0.3 is 15.0 Å². The second-order valence-electron chi connectivity index (χ2n) is 8.35. The topological polar surface area (TPSA) is 87.7 Å². The van der Waals surface area contributed by atoms with Crippen LogP contribution in [0.3, 0.4) is 0 Å². The molecule has 1 aromatic carbocycles. The van der Waals surface area contributed by atoms with Gasteiger partial charge >= 0.3 is 6.09 Å². The van der Waals surface area contributed by atoms with E-state index in [4.69, 9.17) is 4.74 Å². The molecular formula is C22H26FN3O4S. The summed E-state index contributed by atoms with van der Waals surface area (Å²) in [5.41, 5.74) is -0.288. The lowest BCUT2D eigenvalue weighted by molar-refractivity contribution is -0.121. The van der Waals surface area contributed by atoms with Gasteiger partial charge in [0.2, 0.25) is 5.91 Å². The second kappa shape index (κ2) is 9.47. The number of nitrogens with one attached hydrogen (secondary N) is 2. The summed E-state index contributed by atoms with van der Waals surface area (Å²) in [6.07, 6.45) is 0.315. The van der Waals surface area contributed by atoms with E-state index in [0.717, 1.165) is 6.07 Å². The highest BCUT2D eigenvalue weighted by Gasteiger charge is 2.29. The second-order valence-corrected chi connectivity index (χ2v) is 9.30. The summed E-state index contributed by atoms with van der Waals surface area (Å²) in [4.78, 5) is 39.7. The molecule has 0 atom stereocenters. The van der Waals surface area contributed by atoms with Gasteiger partial charge in [-0.1, -0.05) is 6.07 Å². The lowest BCUT2D eigenvalue weighted by Gasteiger charge is -2.31. The number of anilines is 2. The maximum Gasteiger partial charge on any atom is 0.412 e. The summed E-state index contributed by atoms with van der Waals surface area (Å²) in [5.74, 6) is -1.16. The van der Waals surface area contributed by atoms with E-state index in [9.17, 15) is 18.8 Å². The van der Waals surface area contributed by atoms with Gasteiger partial charge in [0.15, 0.2) is 0 Å². The van der Waals surface area contributed by atoms with Crippen molar-refractivity contribution < 1.29 is 23.5 Å². The predicted octanol–water partition coefficient (Wildman–Crippen LogP) is 4.73. The summed E-state index contributed by atoms with van der Waals surface area (Å²) in [7, 11) is 0. The van der Waals surface area contributed by atoms with E-state index >= 15 is 0 Å². The van der Waals surface area contributed by atoms with Crippen LogP contribution in [0, 0.1) is 11.7 Å². The highest BCUT2D eigenvalue weighted by molar-refractivity contribution is 7.12. The molecule has 2 N–H and O–H groups in total. The minimum atomic E-state index is -0.699. The van der Waals surface area contributed by atoms with Crippen LogP contribution >= 0.6 is 11.3 Å². The first-order chi connectivity index (χ1) is 14.6. The Kier molecular flexibility index (Phi) is 6.94. The van der Waals surface area contributed by atoms with Crippen LogP contribution in [0.1, 0.15) is 43.3 Å². The van der Waals surface area contributed by atoms with Crippen LogP contribution < -0.4 is 10.6 Å². The molecule has 9 heteroatoms. The number of benzene rings is 1. The fraction of sp³-hybridized carbons (Fsp3) is 0.409. The van der Waals surface area contributed by atoms with Crippen LogP contribution in [0.5, 0.6) is 0 Å². The van der Waals surface area contributed by atoms with Crippen molar-refractivity contribution >= 4 is 40.6 Å². The first-order valence-electron chi connectivity index (χ1n) is 10.1. The Labute approximate surface area is 184 Å². The van der Waals surface area contributed by atoms with Crippen molar-refractivity contribution in [3.8, 4) is 0 Å². The van der Waals surface area contributed by atoms with Gasteiger partial charge in [0.05, 0.1) is 16.3 Å². The number of amides is 3. The molecule has 0 bridgehead atoms. The van der Waals surface area contributed by atoms with Crippen LogP contribution in [-0.4, -0.2) is 41.5 Å². The van der Waals surface area contributed by atoms with Gasteiger partial charge in [-0.25, -0.2) is 9.18 Å². The van der Waals surface area contributed by atoms with Crippen LogP contribution in [-0.2, 0) is 9.53 Å². The molecule has 0 spiro atoms. The molecule has 2 aromatic rings. The first kappa shape index (κ1) is 22.7. The van der Waals surface area contributed by atoms with Crippen molar-refractivity contribution in [1.29, 1.82) is 0 Å². The highest BCUT2D eigenvalue weighted by Crippen LogP contribution is 2.27. The molecule has 166 valence electrons. The van der Waals surface area contributed by atoms with Crippen LogP contribution in [0.25, 0.3) is 0 Å². The van der Waals surface area contributed by atoms with Gasteiger partial charge in [-0.05, 0) is 63.3 Å². The molecular weight excluding hydrogens is 421 g/mol. The maximum atomic E-state index is 13.8. The van der Waals surface area contributed by atoms with Crippen LogP contribution in [0.4, 0.5) is 20.6 Å². The summed E-state index contributed by atoms with van der Waals surface area (Å²) in [6, 6.07) is 7.34. The van der Waals surface area contributed by atoms with E-state index in [1.54, 1.807) is 31.7 Å². The molecule has 1 aromatic heterocycles. The number of hydrogen-bond acceptors (Lipinski definition) is 5. The predicted molar refractivity (Wildman–Crippen MR) is 118 cm³/mol. The van der Waals surface area contributed by atoms with Gasteiger partial charge in [-0.15, -0.1) is 11.3 Å². The van der Waals surface area contributed by atoms with E-state index < -0.39 is 17.5 Å². The monoisotopic (exact) mass is 447 g/mol. The van der Waals surface area contributed by atoms with Crippen molar-refractivity contribution in [1.82, 2.24) is 4.90 Å².